The first-order valence-corrected chi connectivity index (χ1v) is 15.4. The molecule has 4 rings (SSSR count). The van der Waals surface area contributed by atoms with Crippen LogP contribution in [-0.4, -0.2) is 42.0 Å². The van der Waals surface area contributed by atoms with Crippen molar-refractivity contribution in [3.63, 3.8) is 0 Å². The highest BCUT2D eigenvalue weighted by Crippen LogP contribution is 2.76. The molecular formula is C33H52O7. The first-order valence-electron chi connectivity index (χ1n) is 15.4. The second-order valence-electron chi connectivity index (χ2n) is 15.1. The first kappa shape index (κ1) is 31.0. The van der Waals surface area contributed by atoms with Crippen LogP contribution in [0.3, 0.4) is 0 Å². The molecule has 4 fully saturated rings. The standard InChI is InChI=1S/C33H52O7/c1-20(35)38-24-19-26-30(6)15-13-27(39-21(2)36)29(4,5)25(30)12-17-31(26,7)32(8)16-11-23(28(24)32)33(9,14-10-18-34)40-22(3)37/h18,23-28H,10-17,19H2,1-9H3/t23?,24?,25?,26?,27-,28-,30-,31+,32+,33-/m0/s1. The lowest BCUT2D eigenvalue weighted by atomic mass is 9.35. The number of carbonyl (C=O) groups excluding carboxylic acids is 4. The minimum atomic E-state index is -0.804. The molecule has 0 amide bonds. The van der Waals surface area contributed by atoms with Gasteiger partial charge in [0.1, 0.15) is 24.1 Å². The number of esters is 3. The van der Waals surface area contributed by atoms with Gasteiger partial charge in [-0.3, -0.25) is 14.4 Å². The number of carbonyl (C=O) groups is 4. The van der Waals surface area contributed by atoms with E-state index in [-0.39, 0.29) is 63.6 Å². The second-order valence-corrected chi connectivity index (χ2v) is 15.1. The Balaban J connectivity index is 1.78. The van der Waals surface area contributed by atoms with Gasteiger partial charge < -0.3 is 19.0 Å². The summed E-state index contributed by atoms with van der Waals surface area (Å²) >= 11 is 0. The summed E-state index contributed by atoms with van der Waals surface area (Å²) in [6, 6.07) is 0. The Hall–Kier alpha value is -1.92. The van der Waals surface area contributed by atoms with Gasteiger partial charge in [-0.15, -0.1) is 0 Å². The highest BCUT2D eigenvalue weighted by Gasteiger charge is 2.72. The van der Waals surface area contributed by atoms with Gasteiger partial charge in [0, 0.05) is 44.4 Å². The van der Waals surface area contributed by atoms with Crippen molar-refractivity contribution >= 4 is 24.2 Å². The molecule has 0 heterocycles. The molecule has 4 saturated carbocycles. The van der Waals surface area contributed by atoms with Crippen LogP contribution in [0, 0.1) is 45.3 Å². The lowest BCUT2D eigenvalue weighted by Crippen LogP contribution is -2.67. The average molecular weight is 561 g/mol. The maximum Gasteiger partial charge on any atom is 0.303 e. The van der Waals surface area contributed by atoms with E-state index in [0.29, 0.717) is 24.7 Å². The summed E-state index contributed by atoms with van der Waals surface area (Å²) in [6.07, 6.45) is 7.83. The van der Waals surface area contributed by atoms with Gasteiger partial charge in [0.15, 0.2) is 0 Å². The van der Waals surface area contributed by atoms with Crippen LogP contribution in [-0.2, 0) is 33.4 Å². The van der Waals surface area contributed by atoms with Crippen LogP contribution in [0.2, 0.25) is 0 Å². The van der Waals surface area contributed by atoms with Crippen molar-refractivity contribution in [3.8, 4) is 0 Å². The van der Waals surface area contributed by atoms with Crippen molar-refractivity contribution in [2.24, 2.45) is 45.3 Å². The van der Waals surface area contributed by atoms with Crippen LogP contribution in [0.5, 0.6) is 0 Å². The number of ether oxygens (including phenoxy) is 3. The topological polar surface area (TPSA) is 96.0 Å². The Morgan fingerprint density at radius 3 is 2.02 bits per heavy atom. The number of aldehydes is 1. The van der Waals surface area contributed by atoms with E-state index in [4.69, 9.17) is 14.2 Å². The van der Waals surface area contributed by atoms with Crippen molar-refractivity contribution in [1.82, 2.24) is 0 Å². The van der Waals surface area contributed by atoms with Gasteiger partial charge in [-0.1, -0.05) is 34.6 Å². The molecule has 40 heavy (non-hydrogen) atoms. The molecule has 0 aromatic heterocycles. The second kappa shape index (κ2) is 10.4. The van der Waals surface area contributed by atoms with E-state index < -0.39 is 5.60 Å². The summed E-state index contributed by atoms with van der Waals surface area (Å²) in [5.41, 5.74) is -1.08. The third-order valence-corrected chi connectivity index (χ3v) is 12.8. The van der Waals surface area contributed by atoms with Crippen molar-refractivity contribution in [2.45, 2.75) is 138 Å². The molecule has 0 radical (unpaired) electrons. The summed E-state index contributed by atoms with van der Waals surface area (Å²) < 4.78 is 18.1. The predicted octanol–water partition coefficient (Wildman–Crippen LogP) is 6.45. The molecule has 10 atom stereocenters. The molecular weight excluding hydrogens is 508 g/mol. The number of hydrogen-bond donors (Lipinski definition) is 0. The predicted molar refractivity (Wildman–Crippen MR) is 151 cm³/mol. The molecule has 0 N–H and O–H groups in total. The maximum atomic E-state index is 12.6. The van der Waals surface area contributed by atoms with Gasteiger partial charge in [0.25, 0.3) is 0 Å². The van der Waals surface area contributed by atoms with Crippen LogP contribution >= 0.6 is 0 Å². The minimum absolute atomic E-state index is 0.000454. The molecule has 0 aliphatic heterocycles. The van der Waals surface area contributed by atoms with Crippen molar-refractivity contribution < 1.29 is 33.4 Å². The Bertz CT molecular complexity index is 1040. The van der Waals surface area contributed by atoms with E-state index in [1.54, 1.807) is 0 Å². The van der Waals surface area contributed by atoms with Crippen molar-refractivity contribution in [1.29, 1.82) is 0 Å². The zero-order chi connectivity index (χ0) is 29.9. The Labute approximate surface area is 240 Å². The van der Waals surface area contributed by atoms with Gasteiger partial charge in [-0.05, 0) is 86.4 Å². The fraction of sp³-hybridized carbons (Fsp3) is 0.879. The fourth-order valence-electron chi connectivity index (χ4n) is 11.1. The van der Waals surface area contributed by atoms with Gasteiger partial charge >= 0.3 is 17.9 Å². The van der Waals surface area contributed by atoms with Crippen LogP contribution in [0.4, 0.5) is 0 Å². The average Bonchev–Trinajstić information content (AvgIpc) is 3.20. The monoisotopic (exact) mass is 560 g/mol. The van der Waals surface area contributed by atoms with Crippen LogP contribution < -0.4 is 0 Å². The van der Waals surface area contributed by atoms with Crippen LogP contribution in [0.25, 0.3) is 0 Å². The molecule has 226 valence electrons. The third-order valence-electron chi connectivity index (χ3n) is 12.8. The molecule has 0 saturated heterocycles. The zero-order valence-corrected chi connectivity index (χ0v) is 26.3. The lowest BCUT2D eigenvalue weighted by Gasteiger charge is -2.70. The van der Waals surface area contributed by atoms with Crippen LogP contribution in [0.15, 0.2) is 0 Å². The highest BCUT2D eigenvalue weighted by molar-refractivity contribution is 5.67. The van der Waals surface area contributed by atoms with E-state index >= 15 is 0 Å². The molecule has 0 aromatic carbocycles. The van der Waals surface area contributed by atoms with E-state index in [1.165, 1.54) is 20.8 Å². The van der Waals surface area contributed by atoms with Crippen LogP contribution in [0.1, 0.15) is 120 Å². The van der Waals surface area contributed by atoms with Gasteiger partial charge in [0.2, 0.25) is 0 Å². The third kappa shape index (κ3) is 4.71. The Kier molecular flexibility index (Phi) is 8.08. The first-order chi connectivity index (χ1) is 18.5. The summed E-state index contributed by atoms with van der Waals surface area (Å²) in [7, 11) is 0. The van der Waals surface area contributed by atoms with Gasteiger partial charge in [-0.25, -0.2) is 0 Å². The SMILES string of the molecule is CC(=O)OC1CC2[C@@]3(C)CC[C@H](OC(C)=O)C(C)(C)C3CC[C@@]2(C)[C@]2(C)CCC([C@](C)(CCC=O)OC(C)=O)[C@@H]12. The molecule has 4 aliphatic rings. The van der Waals surface area contributed by atoms with Crippen molar-refractivity contribution in [2.75, 3.05) is 0 Å². The van der Waals surface area contributed by atoms with E-state index in [2.05, 4.69) is 34.6 Å². The smallest absolute Gasteiger partial charge is 0.303 e. The largest absolute Gasteiger partial charge is 0.462 e. The number of fused-ring (bicyclic) bond motifs is 5. The maximum absolute atomic E-state index is 12.6. The zero-order valence-electron chi connectivity index (χ0n) is 26.3. The number of hydrogen-bond acceptors (Lipinski definition) is 7. The molecule has 0 bridgehead atoms. The lowest BCUT2D eigenvalue weighted by molar-refractivity contribution is -0.253. The van der Waals surface area contributed by atoms with Gasteiger partial charge in [-0.2, -0.15) is 0 Å². The summed E-state index contributed by atoms with van der Waals surface area (Å²) in [5, 5.41) is 0. The normalized spacial score (nSPS) is 43.2. The molecule has 7 heteroatoms. The quantitative estimate of drug-likeness (QED) is 0.201. The Morgan fingerprint density at radius 2 is 1.45 bits per heavy atom. The summed E-state index contributed by atoms with van der Waals surface area (Å²) in [6.45, 7) is 18.3. The molecule has 0 spiro atoms. The highest BCUT2D eigenvalue weighted by atomic mass is 16.6. The van der Waals surface area contributed by atoms with E-state index in [9.17, 15) is 19.2 Å². The van der Waals surface area contributed by atoms with Gasteiger partial charge in [0.05, 0.1) is 0 Å². The van der Waals surface area contributed by atoms with E-state index in [1.807, 2.05) is 6.92 Å². The molecule has 4 unspecified atom stereocenters. The number of rotatable bonds is 7. The minimum Gasteiger partial charge on any atom is -0.462 e. The Morgan fingerprint density at radius 1 is 0.825 bits per heavy atom. The summed E-state index contributed by atoms with van der Waals surface area (Å²) in [4.78, 5) is 48.2. The molecule has 0 aromatic rings. The fourth-order valence-corrected chi connectivity index (χ4v) is 11.1. The van der Waals surface area contributed by atoms with Crippen molar-refractivity contribution in [3.05, 3.63) is 0 Å². The van der Waals surface area contributed by atoms with E-state index in [0.717, 1.165) is 51.2 Å². The summed E-state index contributed by atoms with van der Waals surface area (Å²) in [5.74, 6) is -0.108. The molecule has 7 nitrogen and oxygen atoms in total. The molecule has 4 aliphatic carbocycles.